The van der Waals surface area contributed by atoms with E-state index in [1.54, 1.807) is 4.90 Å². The smallest absolute Gasteiger partial charge is 0.323 e. The fraction of sp³-hybridized carbons (Fsp3) is 0.846. The van der Waals surface area contributed by atoms with Gasteiger partial charge in [0.15, 0.2) is 6.61 Å². The van der Waals surface area contributed by atoms with Crippen LogP contribution in [0.5, 0.6) is 0 Å². The molecule has 0 spiro atoms. The summed E-state index contributed by atoms with van der Waals surface area (Å²) in [7, 11) is 0. The molecule has 0 aromatic carbocycles. The topological polar surface area (TPSA) is 75.9 Å². The molecule has 1 aliphatic heterocycles. The molecule has 1 amide bonds. The molecule has 1 aliphatic rings. The predicted octanol–water partition coefficient (Wildman–Crippen LogP) is -0.323. The summed E-state index contributed by atoms with van der Waals surface area (Å²) in [6.45, 7) is 9.73. The monoisotopic (exact) mass is 271 g/mol. The summed E-state index contributed by atoms with van der Waals surface area (Å²) in [4.78, 5) is 27.4. The molecule has 0 bridgehead atoms. The summed E-state index contributed by atoms with van der Waals surface area (Å²) in [5.41, 5.74) is 5.65. The molecule has 0 radical (unpaired) electrons. The number of nitrogens with zero attached hydrogens (tertiary/aromatic N) is 2. The predicted molar refractivity (Wildman–Crippen MR) is 72.5 cm³/mol. The van der Waals surface area contributed by atoms with Crippen LogP contribution in [-0.2, 0) is 14.3 Å². The number of hydrogen-bond acceptors (Lipinski definition) is 5. The lowest BCUT2D eigenvalue weighted by molar-refractivity contribution is -0.154. The van der Waals surface area contributed by atoms with Gasteiger partial charge in [0.1, 0.15) is 6.04 Å². The molecule has 6 nitrogen and oxygen atoms in total. The minimum Gasteiger partial charge on any atom is -0.454 e. The number of rotatable bonds is 5. The lowest BCUT2D eigenvalue weighted by Crippen LogP contribution is -2.50. The molecule has 0 aliphatic carbocycles. The molecule has 6 heteroatoms. The van der Waals surface area contributed by atoms with E-state index in [0.717, 1.165) is 19.6 Å². The fourth-order valence-corrected chi connectivity index (χ4v) is 1.91. The Morgan fingerprint density at radius 2 is 1.79 bits per heavy atom. The number of esters is 1. The van der Waals surface area contributed by atoms with Gasteiger partial charge in [0, 0.05) is 26.2 Å². The second kappa shape index (κ2) is 7.45. The van der Waals surface area contributed by atoms with Crippen molar-refractivity contribution in [3.05, 3.63) is 0 Å². The van der Waals surface area contributed by atoms with Gasteiger partial charge in [-0.05, 0) is 12.5 Å². The average Bonchev–Trinajstić information content (AvgIpc) is 2.43. The van der Waals surface area contributed by atoms with Crippen LogP contribution in [0.3, 0.4) is 0 Å². The second-order valence-electron chi connectivity index (χ2n) is 5.19. The third-order valence-corrected chi connectivity index (χ3v) is 3.50. The standard InChI is InChI=1S/C13H25N3O3/c1-4-15-5-7-16(8-6-15)11(17)9-19-13(18)12(14)10(2)3/h10,12H,4-9,14H2,1-3H3/t12-/m0/s1. The van der Waals surface area contributed by atoms with Crippen LogP contribution in [0.15, 0.2) is 0 Å². The van der Waals surface area contributed by atoms with Crippen molar-refractivity contribution in [3.8, 4) is 0 Å². The summed E-state index contributed by atoms with van der Waals surface area (Å²) < 4.78 is 4.96. The van der Waals surface area contributed by atoms with Crippen LogP contribution in [-0.4, -0.2) is 67.0 Å². The number of carbonyl (C=O) groups excluding carboxylic acids is 2. The zero-order chi connectivity index (χ0) is 14.4. The average molecular weight is 271 g/mol. The van der Waals surface area contributed by atoms with Gasteiger partial charge in [-0.3, -0.25) is 9.59 Å². The highest BCUT2D eigenvalue weighted by molar-refractivity contribution is 5.82. The van der Waals surface area contributed by atoms with Crippen molar-refractivity contribution in [2.24, 2.45) is 11.7 Å². The van der Waals surface area contributed by atoms with E-state index in [1.807, 2.05) is 13.8 Å². The molecule has 0 unspecified atom stereocenters. The Kier molecular flexibility index (Phi) is 6.24. The SMILES string of the molecule is CCN1CCN(C(=O)COC(=O)[C@@H](N)C(C)C)CC1. The lowest BCUT2D eigenvalue weighted by Gasteiger charge is -2.33. The number of carbonyl (C=O) groups is 2. The Hall–Kier alpha value is -1.14. The van der Waals surface area contributed by atoms with Crippen LogP contribution in [0.25, 0.3) is 0 Å². The van der Waals surface area contributed by atoms with Crippen LogP contribution in [0.4, 0.5) is 0 Å². The van der Waals surface area contributed by atoms with E-state index in [-0.39, 0.29) is 18.4 Å². The van der Waals surface area contributed by atoms with Crippen LogP contribution in [0, 0.1) is 5.92 Å². The highest BCUT2D eigenvalue weighted by atomic mass is 16.5. The molecular weight excluding hydrogens is 246 g/mol. The van der Waals surface area contributed by atoms with Crippen molar-refractivity contribution in [2.45, 2.75) is 26.8 Å². The largest absolute Gasteiger partial charge is 0.454 e. The third kappa shape index (κ3) is 4.80. The molecule has 1 atom stereocenters. The highest BCUT2D eigenvalue weighted by Gasteiger charge is 2.23. The molecule has 0 aromatic heterocycles. The highest BCUT2D eigenvalue weighted by Crippen LogP contribution is 2.04. The molecule has 110 valence electrons. The second-order valence-corrected chi connectivity index (χ2v) is 5.19. The number of piperazine rings is 1. The number of nitrogens with two attached hydrogens (primary N) is 1. The van der Waals surface area contributed by atoms with Crippen LogP contribution in [0.1, 0.15) is 20.8 Å². The van der Waals surface area contributed by atoms with Crippen molar-refractivity contribution in [1.29, 1.82) is 0 Å². The van der Waals surface area contributed by atoms with Crippen molar-refractivity contribution in [3.63, 3.8) is 0 Å². The zero-order valence-corrected chi connectivity index (χ0v) is 12.1. The van der Waals surface area contributed by atoms with Crippen molar-refractivity contribution in [1.82, 2.24) is 9.80 Å². The number of hydrogen-bond donors (Lipinski definition) is 1. The summed E-state index contributed by atoms with van der Waals surface area (Å²) in [6, 6.07) is -0.662. The Bertz CT molecular complexity index is 312. The Morgan fingerprint density at radius 3 is 2.26 bits per heavy atom. The number of ether oxygens (including phenoxy) is 1. The van der Waals surface area contributed by atoms with Gasteiger partial charge < -0.3 is 20.3 Å². The van der Waals surface area contributed by atoms with Crippen LogP contribution >= 0.6 is 0 Å². The molecule has 1 saturated heterocycles. The maximum atomic E-state index is 11.9. The number of likely N-dealkylation sites (N-methyl/N-ethyl adjacent to an activating group) is 1. The first-order valence-corrected chi connectivity index (χ1v) is 6.88. The van der Waals surface area contributed by atoms with Gasteiger partial charge >= 0.3 is 5.97 Å². The normalized spacial score (nSPS) is 18.5. The van der Waals surface area contributed by atoms with Gasteiger partial charge in [-0.2, -0.15) is 0 Å². The van der Waals surface area contributed by atoms with Gasteiger partial charge in [0.05, 0.1) is 0 Å². The summed E-state index contributed by atoms with van der Waals surface area (Å²) in [5, 5.41) is 0. The molecule has 1 rings (SSSR count). The van der Waals surface area contributed by atoms with E-state index >= 15 is 0 Å². The van der Waals surface area contributed by atoms with Crippen molar-refractivity contribution < 1.29 is 14.3 Å². The van der Waals surface area contributed by atoms with E-state index in [4.69, 9.17) is 10.5 Å². The maximum absolute atomic E-state index is 11.9. The van der Waals surface area contributed by atoms with Gasteiger partial charge in [0.2, 0.25) is 0 Å². The molecular formula is C13H25N3O3. The Balaban J connectivity index is 2.30. The van der Waals surface area contributed by atoms with Gasteiger partial charge in [-0.1, -0.05) is 20.8 Å². The molecule has 0 saturated carbocycles. The van der Waals surface area contributed by atoms with E-state index in [0.29, 0.717) is 13.1 Å². The quantitative estimate of drug-likeness (QED) is 0.693. The summed E-state index contributed by atoms with van der Waals surface area (Å²) in [5.74, 6) is -0.633. The lowest BCUT2D eigenvalue weighted by atomic mass is 10.1. The Labute approximate surface area is 114 Å². The van der Waals surface area contributed by atoms with E-state index < -0.39 is 12.0 Å². The first-order chi connectivity index (χ1) is 8.95. The zero-order valence-electron chi connectivity index (χ0n) is 12.1. The third-order valence-electron chi connectivity index (χ3n) is 3.50. The van der Waals surface area contributed by atoms with Crippen molar-refractivity contribution in [2.75, 3.05) is 39.3 Å². The van der Waals surface area contributed by atoms with E-state index in [9.17, 15) is 9.59 Å². The van der Waals surface area contributed by atoms with Crippen LogP contribution < -0.4 is 5.73 Å². The van der Waals surface area contributed by atoms with E-state index in [1.165, 1.54) is 0 Å². The van der Waals surface area contributed by atoms with Gasteiger partial charge in [-0.25, -0.2) is 0 Å². The first kappa shape index (κ1) is 15.9. The van der Waals surface area contributed by atoms with Crippen molar-refractivity contribution >= 4 is 11.9 Å². The minimum atomic E-state index is -0.662. The molecule has 1 heterocycles. The van der Waals surface area contributed by atoms with Gasteiger partial charge in [0.25, 0.3) is 5.91 Å². The maximum Gasteiger partial charge on any atom is 0.323 e. The van der Waals surface area contributed by atoms with E-state index in [2.05, 4.69) is 11.8 Å². The number of amides is 1. The van der Waals surface area contributed by atoms with Crippen LogP contribution in [0.2, 0.25) is 0 Å². The molecule has 0 aromatic rings. The molecule has 19 heavy (non-hydrogen) atoms. The summed E-state index contributed by atoms with van der Waals surface area (Å²) >= 11 is 0. The molecule has 1 fully saturated rings. The minimum absolute atomic E-state index is 0.00991. The fourth-order valence-electron chi connectivity index (χ4n) is 1.91. The molecule has 2 N–H and O–H groups in total. The summed E-state index contributed by atoms with van der Waals surface area (Å²) in [6.07, 6.45) is 0. The van der Waals surface area contributed by atoms with Gasteiger partial charge in [-0.15, -0.1) is 0 Å². The first-order valence-electron chi connectivity index (χ1n) is 6.88. The Morgan fingerprint density at radius 1 is 1.21 bits per heavy atom.